The van der Waals surface area contributed by atoms with Crippen molar-refractivity contribution in [2.45, 2.75) is 37.2 Å². The molecule has 4 rings (SSSR count). The first-order valence-corrected chi connectivity index (χ1v) is 11.0. The minimum Gasteiger partial charge on any atom is -0.493 e. The Balaban J connectivity index is 1.64. The van der Waals surface area contributed by atoms with E-state index in [1.54, 1.807) is 18.2 Å². The van der Waals surface area contributed by atoms with Crippen molar-refractivity contribution in [1.82, 2.24) is 19.1 Å². The molecule has 0 bridgehead atoms. The van der Waals surface area contributed by atoms with Gasteiger partial charge in [-0.05, 0) is 12.1 Å². The third-order valence-electron chi connectivity index (χ3n) is 5.92. The van der Waals surface area contributed by atoms with E-state index in [0.29, 0.717) is 17.2 Å². The number of aliphatic hydroxyl groups excluding tert-OH is 4. The van der Waals surface area contributed by atoms with E-state index < -0.39 is 48.5 Å². The predicted molar refractivity (Wildman–Crippen MR) is 126 cm³/mol. The molecule has 0 aliphatic carbocycles. The number of aromatic amines is 1. The molecule has 1 unspecified atom stereocenters. The number of anilines is 2. The van der Waals surface area contributed by atoms with E-state index in [1.807, 2.05) is 0 Å². The number of nitrogens with one attached hydrogen (secondary N) is 2. The Morgan fingerprint density at radius 1 is 1.22 bits per heavy atom. The molecule has 5 atom stereocenters. The van der Waals surface area contributed by atoms with Crippen LogP contribution in [0.4, 0.5) is 11.6 Å². The van der Waals surface area contributed by atoms with Crippen LogP contribution in [-0.2, 0) is 11.3 Å². The van der Waals surface area contributed by atoms with Gasteiger partial charge in [0, 0.05) is 18.3 Å². The first-order chi connectivity index (χ1) is 17.2. The second-order valence-electron chi connectivity index (χ2n) is 8.22. The van der Waals surface area contributed by atoms with Gasteiger partial charge in [0.25, 0.3) is 5.56 Å². The molecule has 3 aromatic rings. The van der Waals surface area contributed by atoms with Gasteiger partial charge in [-0.25, -0.2) is 9.36 Å². The summed E-state index contributed by atoms with van der Waals surface area (Å²) in [4.78, 5) is 32.4. The molecule has 15 heteroatoms. The predicted octanol–water partition coefficient (Wildman–Crippen LogP) is -2.43. The Morgan fingerprint density at radius 3 is 2.58 bits per heavy atom. The van der Waals surface area contributed by atoms with E-state index in [4.69, 9.17) is 19.9 Å². The molecule has 1 aliphatic heterocycles. The molecule has 8 N–H and O–H groups in total. The highest BCUT2D eigenvalue weighted by Gasteiger charge is 2.45. The lowest BCUT2D eigenvalue weighted by atomic mass is 10.1. The zero-order chi connectivity index (χ0) is 26.1. The summed E-state index contributed by atoms with van der Waals surface area (Å²) in [7, 11) is 3.00. The maximum absolute atomic E-state index is 13.3. The molecule has 15 nitrogen and oxygen atoms in total. The topological polar surface area (TPSA) is 219 Å². The number of aliphatic hydroxyl groups is 4. The van der Waals surface area contributed by atoms with E-state index >= 15 is 0 Å². The third kappa shape index (κ3) is 4.49. The van der Waals surface area contributed by atoms with Crippen molar-refractivity contribution in [1.29, 1.82) is 0 Å². The number of H-pyrrole nitrogens is 1. The van der Waals surface area contributed by atoms with Crippen LogP contribution in [0.15, 0.2) is 27.8 Å². The van der Waals surface area contributed by atoms with Crippen LogP contribution in [0, 0.1) is 0 Å². The first-order valence-electron chi connectivity index (χ1n) is 11.0. The molecule has 1 aromatic carbocycles. The van der Waals surface area contributed by atoms with Crippen LogP contribution in [-0.4, -0.2) is 91.3 Å². The van der Waals surface area contributed by atoms with Gasteiger partial charge in [-0.15, -0.1) is 0 Å². The number of methoxy groups -OCH3 is 2. The van der Waals surface area contributed by atoms with Crippen LogP contribution in [0.25, 0.3) is 11.2 Å². The van der Waals surface area contributed by atoms with Crippen LogP contribution in [0.5, 0.6) is 11.5 Å². The molecule has 0 saturated carbocycles. The number of aromatic nitrogens is 4. The summed E-state index contributed by atoms with van der Waals surface area (Å²) in [6.45, 7) is -0.951. The van der Waals surface area contributed by atoms with E-state index in [-0.39, 0.29) is 30.2 Å². The van der Waals surface area contributed by atoms with Crippen LogP contribution in [0.3, 0.4) is 0 Å². The fraction of sp³-hybridized carbons (Fsp3) is 0.476. The van der Waals surface area contributed by atoms with Gasteiger partial charge < -0.3 is 45.7 Å². The summed E-state index contributed by atoms with van der Waals surface area (Å²) in [6, 6.07) is 5.07. The van der Waals surface area contributed by atoms with Gasteiger partial charge in [-0.3, -0.25) is 14.3 Å². The smallest absolute Gasteiger partial charge is 0.332 e. The van der Waals surface area contributed by atoms with Crippen molar-refractivity contribution < 1.29 is 34.6 Å². The van der Waals surface area contributed by atoms with Gasteiger partial charge in [-0.1, -0.05) is 0 Å². The van der Waals surface area contributed by atoms with Crippen molar-refractivity contribution >= 4 is 22.8 Å². The zero-order valence-corrected chi connectivity index (χ0v) is 19.5. The molecule has 1 aliphatic rings. The summed E-state index contributed by atoms with van der Waals surface area (Å²) < 4.78 is 17.8. The maximum atomic E-state index is 13.3. The second-order valence-corrected chi connectivity index (χ2v) is 8.22. The lowest BCUT2D eigenvalue weighted by Crippen LogP contribution is -2.37. The lowest BCUT2D eigenvalue weighted by molar-refractivity contribution is -0.0528. The number of rotatable bonds is 9. The summed E-state index contributed by atoms with van der Waals surface area (Å²) >= 11 is 0. The van der Waals surface area contributed by atoms with Crippen molar-refractivity contribution in [3.05, 3.63) is 39.0 Å². The largest absolute Gasteiger partial charge is 0.493 e. The van der Waals surface area contributed by atoms with Crippen molar-refractivity contribution in [2.75, 3.05) is 38.4 Å². The fourth-order valence-electron chi connectivity index (χ4n) is 4.15. The molecule has 2 aromatic heterocycles. The summed E-state index contributed by atoms with van der Waals surface area (Å²) in [6.07, 6.45) is -6.86. The standard InChI is InChI=1S/C21H28N6O9/c1-34-11-4-3-9(5-12(11)35-2)23-6-10(29)7-26-14-17(24-20(22)25-18(14)32)27(21(26)33)19-16(31)15(30)13(8-28)36-19/h3-5,10,13,15-16,19,23,28-31H,6-8H2,1-2H3,(H3,22,24,25,32)/t10?,13-,15-,16-,19-/m1/s1. The molecular weight excluding hydrogens is 480 g/mol. The molecule has 196 valence electrons. The van der Waals surface area contributed by atoms with Crippen LogP contribution >= 0.6 is 0 Å². The Labute approximate surface area is 203 Å². The average Bonchev–Trinajstić information content (AvgIpc) is 3.29. The van der Waals surface area contributed by atoms with Gasteiger partial charge in [0.1, 0.15) is 18.3 Å². The van der Waals surface area contributed by atoms with Crippen LogP contribution in [0.1, 0.15) is 6.23 Å². The number of hydrogen-bond donors (Lipinski definition) is 7. The number of fused-ring (bicyclic) bond motifs is 1. The Morgan fingerprint density at radius 2 is 1.94 bits per heavy atom. The van der Waals surface area contributed by atoms with Crippen LogP contribution < -0.4 is 31.8 Å². The number of benzene rings is 1. The maximum Gasteiger partial charge on any atom is 0.332 e. The monoisotopic (exact) mass is 508 g/mol. The minimum atomic E-state index is -1.60. The number of nitrogen functional groups attached to an aromatic ring is 1. The van der Waals surface area contributed by atoms with Gasteiger partial charge in [0.15, 0.2) is 28.9 Å². The Bertz CT molecular complexity index is 1350. The van der Waals surface area contributed by atoms with Gasteiger partial charge in [0.05, 0.1) is 33.5 Å². The number of hydrogen-bond acceptors (Lipinski definition) is 12. The summed E-state index contributed by atoms with van der Waals surface area (Å²) in [5.41, 5.74) is 4.26. The molecule has 1 fully saturated rings. The third-order valence-corrected chi connectivity index (χ3v) is 5.92. The number of imidazole rings is 1. The molecule has 1 saturated heterocycles. The Kier molecular flexibility index (Phi) is 7.18. The number of nitrogens with zero attached hydrogens (tertiary/aromatic N) is 3. The molecule has 36 heavy (non-hydrogen) atoms. The van der Waals surface area contributed by atoms with Gasteiger partial charge >= 0.3 is 5.69 Å². The van der Waals surface area contributed by atoms with E-state index in [1.165, 1.54) is 14.2 Å². The van der Waals surface area contributed by atoms with E-state index in [2.05, 4.69) is 15.3 Å². The van der Waals surface area contributed by atoms with Crippen molar-refractivity contribution in [3.8, 4) is 11.5 Å². The lowest BCUT2D eigenvalue weighted by Gasteiger charge is -2.16. The van der Waals surface area contributed by atoms with E-state index in [0.717, 1.165) is 9.13 Å². The molecule has 0 amide bonds. The highest BCUT2D eigenvalue weighted by Crippen LogP contribution is 2.31. The summed E-state index contributed by atoms with van der Waals surface area (Å²) in [5, 5.41) is 43.6. The van der Waals surface area contributed by atoms with Gasteiger partial charge in [-0.2, -0.15) is 4.98 Å². The highest BCUT2D eigenvalue weighted by molar-refractivity contribution is 5.71. The molecule has 3 heterocycles. The SMILES string of the molecule is COc1ccc(NCC(O)Cn2c(=O)n([C@@H]3O[C@H](CO)[C@@H](O)[C@H]3O)c3nc(N)[nH]c(=O)c32)cc1OC. The van der Waals surface area contributed by atoms with E-state index in [9.17, 15) is 30.0 Å². The minimum absolute atomic E-state index is 0.0112. The normalized spacial score (nSPS) is 22.6. The zero-order valence-electron chi connectivity index (χ0n) is 19.5. The Hall–Kier alpha value is -3.63. The molecule has 0 spiro atoms. The second kappa shape index (κ2) is 10.2. The molecule has 0 radical (unpaired) electrons. The average molecular weight is 508 g/mol. The number of ether oxygens (including phenoxy) is 3. The van der Waals surface area contributed by atoms with Crippen molar-refractivity contribution in [2.24, 2.45) is 0 Å². The quantitative estimate of drug-likeness (QED) is 0.160. The fourth-order valence-corrected chi connectivity index (χ4v) is 4.15. The van der Waals surface area contributed by atoms with Crippen molar-refractivity contribution in [3.63, 3.8) is 0 Å². The van der Waals surface area contributed by atoms with Crippen LogP contribution in [0.2, 0.25) is 0 Å². The number of nitrogens with two attached hydrogens (primary N) is 1. The highest BCUT2D eigenvalue weighted by atomic mass is 16.6. The summed E-state index contributed by atoms with van der Waals surface area (Å²) in [5.74, 6) is 0.713. The molecular formula is C21H28N6O9. The van der Waals surface area contributed by atoms with Gasteiger partial charge in [0.2, 0.25) is 5.95 Å². The first kappa shape index (κ1) is 25.5.